The Kier molecular flexibility index (Phi) is 9.25. The van der Waals surface area contributed by atoms with E-state index in [0.717, 1.165) is 36.4 Å². The second-order valence-electron chi connectivity index (χ2n) is 9.34. The zero-order valence-electron chi connectivity index (χ0n) is 21.3. The van der Waals surface area contributed by atoms with Gasteiger partial charge in [0.1, 0.15) is 12.4 Å². The van der Waals surface area contributed by atoms with Crippen molar-refractivity contribution in [2.75, 3.05) is 5.32 Å². The molecule has 16 heteroatoms. The topological polar surface area (TPSA) is 41.5 Å². The minimum atomic E-state index is -6.63. The van der Waals surface area contributed by atoms with Gasteiger partial charge in [-0.2, -0.15) is 57.1 Å². The molecule has 43 heavy (non-hydrogen) atoms. The molecule has 0 aliphatic heterocycles. The highest BCUT2D eigenvalue weighted by Gasteiger charge is 2.73. The van der Waals surface area contributed by atoms with Crippen LogP contribution in [-0.4, -0.2) is 29.1 Å². The summed E-state index contributed by atoms with van der Waals surface area (Å²) in [5.74, 6) is -12.4. The first-order chi connectivity index (χ1) is 19.6. The third-order valence-corrected chi connectivity index (χ3v) is 6.13. The molecule has 3 aromatic carbocycles. The summed E-state index contributed by atoms with van der Waals surface area (Å²) in [5.41, 5.74) is -7.35. The smallest absolute Gasteiger partial charge is 0.460 e. The molecule has 0 aliphatic carbocycles. The molecular formula is C27H20F13NO2. The van der Waals surface area contributed by atoms with Gasteiger partial charge in [0.25, 0.3) is 0 Å². The van der Waals surface area contributed by atoms with E-state index in [1.807, 2.05) is 5.32 Å². The van der Waals surface area contributed by atoms with Crippen LogP contribution in [0, 0.1) is 0 Å². The Bertz CT molecular complexity index is 1400. The van der Waals surface area contributed by atoms with Crippen molar-refractivity contribution in [3.63, 3.8) is 0 Å². The van der Waals surface area contributed by atoms with Gasteiger partial charge in [0.05, 0.1) is 5.56 Å². The van der Waals surface area contributed by atoms with Gasteiger partial charge in [-0.15, -0.1) is 0 Å². The first-order valence-corrected chi connectivity index (χ1v) is 11.9. The van der Waals surface area contributed by atoms with Crippen LogP contribution in [0.15, 0.2) is 72.8 Å². The summed E-state index contributed by atoms with van der Waals surface area (Å²) in [7, 11) is 0. The van der Waals surface area contributed by atoms with Gasteiger partial charge in [0, 0.05) is 23.7 Å². The molecule has 0 fully saturated rings. The predicted molar refractivity (Wildman–Crippen MR) is 127 cm³/mol. The number of halogens is 13. The van der Waals surface area contributed by atoms with E-state index in [2.05, 4.69) is 0 Å². The van der Waals surface area contributed by atoms with Crippen LogP contribution in [0.3, 0.4) is 0 Å². The van der Waals surface area contributed by atoms with Gasteiger partial charge in [-0.25, -0.2) is 0 Å². The van der Waals surface area contributed by atoms with E-state index in [1.54, 1.807) is 0 Å². The van der Waals surface area contributed by atoms with Crippen molar-refractivity contribution < 1.29 is 66.9 Å². The lowest BCUT2D eigenvalue weighted by atomic mass is 9.96. The van der Waals surface area contributed by atoms with Crippen LogP contribution in [0.5, 0.6) is 5.75 Å². The monoisotopic (exact) mass is 637 g/mol. The van der Waals surface area contributed by atoms with E-state index < -0.39 is 77.9 Å². The van der Waals surface area contributed by atoms with Gasteiger partial charge in [-0.05, 0) is 47.9 Å². The molecule has 0 bridgehead atoms. The molecule has 0 radical (unpaired) electrons. The number of benzene rings is 3. The first kappa shape index (κ1) is 33.8. The van der Waals surface area contributed by atoms with Crippen molar-refractivity contribution in [1.29, 1.82) is 0 Å². The fraction of sp³-hybridized carbons (Fsp3) is 0.333. The molecule has 0 spiro atoms. The van der Waals surface area contributed by atoms with Crippen LogP contribution in [0.25, 0.3) is 0 Å². The van der Waals surface area contributed by atoms with Crippen LogP contribution in [0.1, 0.15) is 28.7 Å². The molecule has 0 saturated heterocycles. The number of rotatable bonds is 10. The molecule has 1 atom stereocenters. The van der Waals surface area contributed by atoms with Crippen molar-refractivity contribution >= 4 is 5.69 Å². The van der Waals surface area contributed by atoms with Crippen LogP contribution < -0.4 is 10.1 Å². The fourth-order valence-electron chi connectivity index (χ4n) is 3.79. The summed E-state index contributed by atoms with van der Waals surface area (Å²) in [5, 5.41) is 12.2. The number of nitrogens with one attached hydrogen (secondary N) is 1. The van der Waals surface area contributed by atoms with E-state index in [9.17, 15) is 62.2 Å². The van der Waals surface area contributed by atoms with Gasteiger partial charge in [0.15, 0.2) is 0 Å². The Labute approximate surface area is 234 Å². The number of aryl methyl sites for hydroxylation is 1. The highest BCUT2D eigenvalue weighted by atomic mass is 19.4. The maximum Gasteiger partial charge on any atom is 0.460 e. The molecule has 2 N–H and O–H groups in total. The standard InChI is InChI=1S/C27H20F13NO2/c28-23(29,25(33,34)27(38,39)40)18-6-1-4-16(12-18)10-11-22(42,26(35,36)37)41-20-8-3-9-21(14-20)43-15-17-5-2-7-19(13-17)24(30,31)32/h1-9,12-14,41-42H,10-11,15H2. The highest BCUT2D eigenvalue weighted by molar-refractivity contribution is 5.50. The Balaban J connectivity index is 1.77. The lowest BCUT2D eigenvalue weighted by Crippen LogP contribution is -2.52. The fourth-order valence-corrected chi connectivity index (χ4v) is 3.79. The van der Waals surface area contributed by atoms with E-state index in [0.29, 0.717) is 6.07 Å². The lowest BCUT2D eigenvalue weighted by Gasteiger charge is -2.32. The number of hydrogen-bond donors (Lipinski definition) is 2. The molecule has 0 aromatic heterocycles. The Morgan fingerprint density at radius 1 is 0.628 bits per heavy atom. The van der Waals surface area contributed by atoms with E-state index in [-0.39, 0.29) is 23.4 Å². The van der Waals surface area contributed by atoms with Gasteiger partial charge in [-0.3, -0.25) is 0 Å². The van der Waals surface area contributed by atoms with Gasteiger partial charge >= 0.3 is 30.4 Å². The summed E-state index contributed by atoms with van der Waals surface area (Å²) in [4.78, 5) is 0. The highest BCUT2D eigenvalue weighted by Crippen LogP contribution is 2.52. The number of alkyl halides is 13. The van der Waals surface area contributed by atoms with Crippen LogP contribution in [-0.2, 0) is 25.1 Å². The van der Waals surface area contributed by atoms with Gasteiger partial charge < -0.3 is 15.2 Å². The predicted octanol–water partition coefficient (Wildman–Crippen LogP) is 8.87. The third-order valence-electron chi connectivity index (χ3n) is 6.13. The summed E-state index contributed by atoms with van der Waals surface area (Å²) in [6.07, 6.45) is -18.9. The summed E-state index contributed by atoms with van der Waals surface area (Å²) >= 11 is 0. The maximum absolute atomic E-state index is 14.1. The van der Waals surface area contributed by atoms with E-state index in [1.165, 1.54) is 18.2 Å². The second kappa shape index (κ2) is 11.8. The van der Waals surface area contributed by atoms with Crippen LogP contribution >= 0.6 is 0 Å². The molecule has 0 amide bonds. The van der Waals surface area contributed by atoms with Crippen LogP contribution in [0.2, 0.25) is 0 Å². The minimum absolute atomic E-state index is 0.0841. The normalized spacial score (nSPS) is 14.7. The van der Waals surface area contributed by atoms with Crippen LogP contribution in [0.4, 0.5) is 62.8 Å². The average Bonchev–Trinajstić information content (AvgIpc) is 2.89. The van der Waals surface area contributed by atoms with E-state index >= 15 is 0 Å². The molecule has 3 nitrogen and oxygen atoms in total. The lowest BCUT2D eigenvalue weighted by molar-refractivity contribution is -0.359. The first-order valence-electron chi connectivity index (χ1n) is 11.9. The Hall–Kier alpha value is -3.69. The van der Waals surface area contributed by atoms with Gasteiger partial charge in [0.2, 0.25) is 5.72 Å². The van der Waals surface area contributed by atoms with Crippen molar-refractivity contribution in [2.45, 2.75) is 55.5 Å². The van der Waals surface area contributed by atoms with E-state index in [4.69, 9.17) is 4.74 Å². The van der Waals surface area contributed by atoms with Crippen molar-refractivity contribution in [3.8, 4) is 5.75 Å². The van der Waals surface area contributed by atoms with Crippen molar-refractivity contribution in [3.05, 3.63) is 95.1 Å². The van der Waals surface area contributed by atoms with Gasteiger partial charge in [-0.1, -0.05) is 36.4 Å². The summed E-state index contributed by atoms with van der Waals surface area (Å²) in [6, 6.07) is 10.5. The number of aliphatic hydroxyl groups is 1. The minimum Gasteiger partial charge on any atom is -0.489 e. The molecular weight excluding hydrogens is 617 g/mol. The number of hydrogen-bond acceptors (Lipinski definition) is 3. The quantitative estimate of drug-likeness (QED) is 0.172. The van der Waals surface area contributed by atoms with Crippen molar-refractivity contribution in [1.82, 2.24) is 0 Å². The average molecular weight is 637 g/mol. The Morgan fingerprint density at radius 3 is 1.77 bits per heavy atom. The molecule has 0 saturated carbocycles. The molecule has 0 heterocycles. The molecule has 0 aliphatic rings. The van der Waals surface area contributed by atoms with Crippen molar-refractivity contribution in [2.24, 2.45) is 0 Å². The molecule has 3 rings (SSSR count). The number of anilines is 1. The molecule has 3 aromatic rings. The molecule has 236 valence electrons. The maximum atomic E-state index is 14.1. The summed E-state index contributed by atoms with van der Waals surface area (Å²) < 4.78 is 178. The second-order valence-corrected chi connectivity index (χ2v) is 9.34. The Morgan fingerprint density at radius 2 is 1.19 bits per heavy atom. The zero-order valence-corrected chi connectivity index (χ0v) is 21.3. The number of ether oxygens (including phenoxy) is 1. The SMILES string of the molecule is OC(CCc1cccc(C(F)(F)C(F)(F)C(F)(F)F)c1)(Nc1cccc(OCc2cccc(C(F)(F)F)c2)c1)C(F)(F)F. The zero-order chi connectivity index (χ0) is 32.5. The summed E-state index contributed by atoms with van der Waals surface area (Å²) in [6.45, 7) is -0.411. The third kappa shape index (κ3) is 7.64. The molecule has 1 unspecified atom stereocenters. The largest absolute Gasteiger partial charge is 0.489 e.